The lowest BCUT2D eigenvalue weighted by Gasteiger charge is -2.05. The fourth-order valence-corrected chi connectivity index (χ4v) is 0.864. The van der Waals surface area contributed by atoms with Crippen LogP contribution in [0, 0.1) is 5.92 Å². The Labute approximate surface area is 72.2 Å². The molecule has 0 saturated heterocycles. The Morgan fingerprint density at radius 2 is 2.42 bits per heavy atom. The normalized spacial score (nSPS) is 10.2. The molecule has 0 radical (unpaired) electrons. The number of rotatable bonds is 3. The van der Waals surface area contributed by atoms with Gasteiger partial charge in [-0.05, 0) is 12.1 Å². The van der Waals surface area contributed by atoms with Crippen LogP contribution < -0.4 is 5.32 Å². The van der Waals surface area contributed by atoms with Crippen LogP contribution >= 0.6 is 0 Å². The molecule has 1 aromatic rings. The molecule has 2 N–H and O–H groups in total. The molecule has 0 aliphatic carbocycles. The molecule has 0 aliphatic heterocycles. The average molecular weight is 166 g/mol. The van der Waals surface area contributed by atoms with Gasteiger partial charge in [-0.1, -0.05) is 13.8 Å². The Hall–Kier alpha value is -1.25. The summed E-state index contributed by atoms with van der Waals surface area (Å²) in [6, 6.07) is 3.86. The zero-order valence-electron chi connectivity index (χ0n) is 7.42. The lowest BCUT2D eigenvalue weighted by molar-refractivity contribution is -0.124. The molecule has 0 atom stereocenters. The quantitative estimate of drug-likeness (QED) is 0.698. The maximum Gasteiger partial charge on any atom is 0.222 e. The fraction of sp³-hybridized carbons (Fsp3) is 0.444. The molecule has 0 saturated carbocycles. The molecule has 1 heterocycles. The first-order chi connectivity index (χ1) is 5.70. The van der Waals surface area contributed by atoms with Gasteiger partial charge in [-0.3, -0.25) is 4.79 Å². The van der Waals surface area contributed by atoms with Gasteiger partial charge in [-0.2, -0.15) is 0 Å². The predicted octanol–water partition coefficient (Wildman–Crippen LogP) is 1.29. The van der Waals surface area contributed by atoms with Crippen molar-refractivity contribution in [2.45, 2.75) is 20.4 Å². The molecule has 0 bridgehead atoms. The van der Waals surface area contributed by atoms with Crippen molar-refractivity contribution >= 4 is 5.91 Å². The molecule has 0 unspecified atom stereocenters. The van der Waals surface area contributed by atoms with E-state index in [4.69, 9.17) is 0 Å². The van der Waals surface area contributed by atoms with Gasteiger partial charge in [0, 0.05) is 17.8 Å². The maximum atomic E-state index is 11.1. The second-order valence-corrected chi connectivity index (χ2v) is 3.07. The minimum absolute atomic E-state index is 0.0555. The van der Waals surface area contributed by atoms with Crippen LogP contribution in [0.1, 0.15) is 19.5 Å². The molecule has 0 fully saturated rings. The number of H-pyrrole nitrogens is 1. The van der Waals surface area contributed by atoms with Crippen LogP contribution in [0.5, 0.6) is 0 Å². The number of aromatic amines is 1. The van der Waals surface area contributed by atoms with Crippen molar-refractivity contribution in [3.8, 4) is 0 Å². The van der Waals surface area contributed by atoms with E-state index in [0.717, 1.165) is 5.69 Å². The molecule has 0 aliphatic rings. The molecule has 3 nitrogen and oxygen atoms in total. The van der Waals surface area contributed by atoms with Crippen molar-refractivity contribution in [1.82, 2.24) is 10.3 Å². The number of hydrogen-bond acceptors (Lipinski definition) is 1. The second kappa shape index (κ2) is 3.95. The van der Waals surface area contributed by atoms with Crippen molar-refractivity contribution in [3.05, 3.63) is 24.0 Å². The first kappa shape index (κ1) is 8.84. The summed E-state index contributed by atoms with van der Waals surface area (Å²) in [6.45, 7) is 4.35. The molecular formula is C9H14N2O. The van der Waals surface area contributed by atoms with E-state index in [2.05, 4.69) is 10.3 Å². The monoisotopic (exact) mass is 166 g/mol. The zero-order valence-corrected chi connectivity index (χ0v) is 7.42. The largest absolute Gasteiger partial charge is 0.364 e. The van der Waals surface area contributed by atoms with Crippen LogP contribution in [0.4, 0.5) is 0 Å². The van der Waals surface area contributed by atoms with Gasteiger partial charge < -0.3 is 10.3 Å². The van der Waals surface area contributed by atoms with Crippen LogP contribution in [-0.4, -0.2) is 10.9 Å². The van der Waals surface area contributed by atoms with Crippen molar-refractivity contribution in [3.63, 3.8) is 0 Å². The highest BCUT2D eigenvalue weighted by molar-refractivity contribution is 5.77. The standard InChI is InChI=1S/C9H14N2O/c1-7(2)9(12)11-6-8-4-3-5-10-8/h3-5,7,10H,6H2,1-2H3,(H,11,12). The van der Waals surface area contributed by atoms with Gasteiger partial charge in [-0.25, -0.2) is 0 Å². The van der Waals surface area contributed by atoms with Crippen molar-refractivity contribution in [2.24, 2.45) is 5.92 Å². The molecule has 12 heavy (non-hydrogen) atoms. The van der Waals surface area contributed by atoms with Gasteiger partial charge in [0.05, 0.1) is 6.54 Å². The second-order valence-electron chi connectivity index (χ2n) is 3.07. The molecule has 1 rings (SSSR count). The Balaban J connectivity index is 2.32. The summed E-state index contributed by atoms with van der Waals surface area (Å²) in [5, 5.41) is 2.81. The molecule has 1 amide bonds. The van der Waals surface area contributed by atoms with E-state index in [1.807, 2.05) is 32.2 Å². The van der Waals surface area contributed by atoms with Gasteiger partial charge in [0.15, 0.2) is 0 Å². The summed E-state index contributed by atoms with van der Waals surface area (Å²) in [5.41, 5.74) is 1.03. The van der Waals surface area contributed by atoms with Crippen LogP contribution in [0.2, 0.25) is 0 Å². The molecule has 0 spiro atoms. The summed E-state index contributed by atoms with van der Waals surface area (Å²) in [7, 11) is 0. The topological polar surface area (TPSA) is 44.9 Å². The first-order valence-electron chi connectivity index (χ1n) is 4.10. The van der Waals surface area contributed by atoms with Crippen molar-refractivity contribution < 1.29 is 4.79 Å². The highest BCUT2D eigenvalue weighted by Crippen LogP contribution is 1.95. The molecule has 66 valence electrons. The lowest BCUT2D eigenvalue weighted by Crippen LogP contribution is -2.27. The van der Waals surface area contributed by atoms with Gasteiger partial charge >= 0.3 is 0 Å². The van der Waals surface area contributed by atoms with Crippen molar-refractivity contribution in [1.29, 1.82) is 0 Å². The smallest absolute Gasteiger partial charge is 0.222 e. The number of hydrogen-bond donors (Lipinski definition) is 2. The van der Waals surface area contributed by atoms with Gasteiger partial charge in [0.25, 0.3) is 0 Å². The third-order valence-corrected chi connectivity index (χ3v) is 1.64. The van der Waals surface area contributed by atoms with E-state index in [9.17, 15) is 4.79 Å². The van der Waals surface area contributed by atoms with E-state index in [1.165, 1.54) is 0 Å². The number of amides is 1. The lowest BCUT2D eigenvalue weighted by atomic mass is 10.2. The third kappa shape index (κ3) is 2.42. The number of carbonyl (C=O) groups excluding carboxylic acids is 1. The van der Waals surface area contributed by atoms with Crippen molar-refractivity contribution in [2.75, 3.05) is 0 Å². The number of aromatic nitrogens is 1. The average Bonchev–Trinajstić information content (AvgIpc) is 2.51. The minimum Gasteiger partial charge on any atom is -0.364 e. The Morgan fingerprint density at radius 3 is 2.92 bits per heavy atom. The molecule has 0 aromatic carbocycles. The third-order valence-electron chi connectivity index (χ3n) is 1.64. The van der Waals surface area contributed by atoms with Crippen LogP contribution in [0.25, 0.3) is 0 Å². The highest BCUT2D eigenvalue weighted by Gasteiger charge is 2.05. The summed E-state index contributed by atoms with van der Waals surface area (Å²) in [6.07, 6.45) is 1.84. The van der Waals surface area contributed by atoms with E-state index in [0.29, 0.717) is 6.54 Å². The summed E-state index contributed by atoms with van der Waals surface area (Å²) < 4.78 is 0. The number of carbonyl (C=O) groups is 1. The maximum absolute atomic E-state index is 11.1. The van der Waals surface area contributed by atoms with Gasteiger partial charge in [-0.15, -0.1) is 0 Å². The Morgan fingerprint density at radius 1 is 1.67 bits per heavy atom. The van der Waals surface area contributed by atoms with E-state index >= 15 is 0 Å². The van der Waals surface area contributed by atoms with Gasteiger partial charge in [0.2, 0.25) is 5.91 Å². The highest BCUT2D eigenvalue weighted by atomic mass is 16.1. The summed E-state index contributed by atoms with van der Waals surface area (Å²) in [4.78, 5) is 14.1. The molecule has 1 aromatic heterocycles. The van der Waals surface area contributed by atoms with E-state index in [1.54, 1.807) is 0 Å². The van der Waals surface area contributed by atoms with Crippen LogP contribution in [-0.2, 0) is 11.3 Å². The summed E-state index contributed by atoms with van der Waals surface area (Å²) in [5.74, 6) is 0.143. The molecule has 3 heteroatoms. The Kier molecular flexibility index (Phi) is 2.91. The first-order valence-corrected chi connectivity index (χ1v) is 4.10. The van der Waals surface area contributed by atoms with Crippen LogP contribution in [0.3, 0.4) is 0 Å². The Bertz CT molecular complexity index is 239. The van der Waals surface area contributed by atoms with Gasteiger partial charge in [0.1, 0.15) is 0 Å². The SMILES string of the molecule is CC(C)C(=O)NCc1ccc[nH]1. The predicted molar refractivity (Wildman–Crippen MR) is 47.5 cm³/mol. The zero-order chi connectivity index (χ0) is 8.97. The molecular weight excluding hydrogens is 152 g/mol. The van der Waals surface area contributed by atoms with E-state index < -0.39 is 0 Å². The van der Waals surface area contributed by atoms with E-state index in [-0.39, 0.29) is 11.8 Å². The van der Waals surface area contributed by atoms with Crippen LogP contribution in [0.15, 0.2) is 18.3 Å². The number of nitrogens with one attached hydrogen (secondary N) is 2. The summed E-state index contributed by atoms with van der Waals surface area (Å²) >= 11 is 0. The fourth-order valence-electron chi connectivity index (χ4n) is 0.864. The minimum atomic E-state index is 0.0555.